The molecule has 6 heteroatoms. The second-order valence-corrected chi connectivity index (χ2v) is 5.21. The fraction of sp³-hybridized carbons (Fsp3) is 0.143. The first-order valence-corrected chi connectivity index (χ1v) is 6.57. The summed E-state index contributed by atoms with van der Waals surface area (Å²) in [6.07, 6.45) is 0. The molecule has 104 valence electrons. The van der Waals surface area contributed by atoms with Crippen molar-refractivity contribution in [3.05, 3.63) is 51.1 Å². The number of hydrogen-bond acceptors (Lipinski definition) is 3. The monoisotopic (exact) mass is 310 g/mol. The first kappa shape index (κ1) is 14.6. The van der Waals surface area contributed by atoms with Gasteiger partial charge in [-0.2, -0.15) is 0 Å². The number of hydrogen-bond donors (Lipinski definition) is 2. The largest absolute Gasteiger partial charge is 0.478 e. The minimum absolute atomic E-state index is 0.161. The highest BCUT2D eigenvalue weighted by atomic mass is 35.5. The highest BCUT2D eigenvalue weighted by molar-refractivity contribution is 6.35. The summed E-state index contributed by atoms with van der Waals surface area (Å²) in [4.78, 5) is 15.2. The maximum absolute atomic E-state index is 11.0. The van der Waals surface area contributed by atoms with E-state index in [1.807, 2.05) is 6.92 Å². The van der Waals surface area contributed by atoms with Gasteiger partial charge >= 0.3 is 5.97 Å². The molecule has 1 heterocycles. The van der Waals surface area contributed by atoms with Gasteiger partial charge in [-0.05, 0) is 43.7 Å². The third-order valence-corrected chi connectivity index (χ3v) is 3.43. The van der Waals surface area contributed by atoms with Crippen LogP contribution in [0.1, 0.15) is 21.6 Å². The molecule has 0 spiro atoms. The average molecular weight is 311 g/mol. The number of halogens is 2. The van der Waals surface area contributed by atoms with Crippen LogP contribution in [0.25, 0.3) is 0 Å². The van der Waals surface area contributed by atoms with Gasteiger partial charge in [-0.25, -0.2) is 9.78 Å². The molecule has 0 aliphatic heterocycles. The number of aromatic nitrogens is 1. The topological polar surface area (TPSA) is 62.2 Å². The molecule has 0 saturated carbocycles. The smallest absolute Gasteiger partial charge is 0.335 e. The second kappa shape index (κ2) is 5.69. The first-order valence-electron chi connectivity index (χ1n) is 5.81. The summed E-state index contributed by atoms with van der Waals surface area (Å²) in [5.74, 6) is -0.601. The number of rotatable bonds is 3. The van der Waals surface area contributed by atoms with Gasteiger partial charge in [0.05, 0.1) is 16.3 Å². The molecule has 4 nitrogen and oxygen atoms in total. The standard InChI is InChI=1S/C14H12Cl2N2O2/c1-7-3-11(16)12(6-10(7)15)18-13-5-9(14(19)20)4-8(2)17-13/h3-6H,1-2H3,(H,17,18)(H,19,20). The molecule has 0 radical (unpaired) electrons. The molecule has 0 aliphatic rings. The predicted molar refractivity (Wildman–Crippen MR) is 80.4 cm³/mol. The Hall–Kier alpha value is -1.78. The summed E-state index contributed by atoms with van der Waals surface area (Å²) in [5, 5.41) is 13.1. The number of nitrogens with one attached hydrogen (secondary N) is 1. The van der Waals surface area contributed by atoms with Crippen LogP contribution < -0.4 is 5.32 Å². The maximum Gasteiger partial charge on any atom is 0.335 e. The first-order chi connectivity index (χ1) is 9.36. The number of nitrogens with zero attached hydrogens (tertiary/aromatic N) is 1. The van der Waals surface area contributed by atoms with Crippen molar-refractivity contribution < 1.29 is 9.90 Å². The van der Waals surface area contributed by atoms with E-state index in [2.05, 4.69) is 10.3 Å². The van der Waals surface area contributed by atoms with Gasteiger partial charge in [0.15, 0.2) is 0 Å². The number of benzene rings is 1. The van der Waals surface area contributed by atoms with Crippen molar-refractivity contribution in [2.75, 3.05) is 5.32 Å². The van der Waals surface area contributed by atoms with Crippen molar-refractivity contribution >= 4 is 40.7 Å². The number of anilines is 2. The van der Waals surface area contributed by atoms with E-state index in [9.17, 15) is 4.79 Å². The molecule has 0 bridgehead atoms. The lowest BCUT2D eigenvalue weighted by Gasteiger charge is -2.11. The van der Waals surface area contributed by atoms with E-state index in [0.29, 0.717) is 27.2 Å². The van der Waals surface area contributed by atoms with Crippen molar-refractivity contribution in [3.63, 3.8) is 0 Å². The highest BCUT2D eigenvalue weighted by Crippen LogP contribution is 2.30. The van der Waals surface area contributed by atoms with Gasteiger partial charge in [-0.3, -0.25) is 0 Å². The van der Waals surface area contributed by atoms with Crippen LogP contribution in [0.4, 0.5) is 11.5 Å². The number of pyridine rings is 1. The van der Waals surface area contributed by atoms with Crippen molar-refractivity contribution in [1.29, 1.82) is 0 Å². The zero-order valence-corrected chi connectivity index (χ0v) is 12.4. The minimum atomic E-state index is -1.01. The van der Waals surface area contributed by atoms with E-state index in [1.54, 1.807) is 19.1 Å². The van der Waals surface area contributed by atoms with Crippen molar-refractivity contribution in [1.82, 2.24) is 4.98 Å². The Balaban J connectivity index is 2.40. The molecule has 0 fully saturated rings. The number of aryl methyl sites for hydroxylation is 2. The van der Waals surface area contributed by atoms with E-state index in [0.717, 1.165) is 5.56 Å². The Morgan fingerprint density at radius 3 is 2.50 bits per heavy atom. The van der Waals surface area contributed by atoms with E-state index < -0.39 is 5.97 Å². The van der Waals surface area contributed by atoms with E-state index in [-0.39, 0.29) is 5.56 Å². The van der Waals surface area contributed by atoms with Crippen molar-refractivity contribution in [2.45, 2.75) is 13.8 Å². The van der Waals surface area contributed by atoms with Gasteiger partial charge < -0.3 is 10.4 Å². The summed E-state index contributed by atoms with van der Waals surface area (Å²) in [6.45, 7) is 3.58. The summed E-state index contributed by atoms with van der Waals surface area (Å²) in [7, 11) is 0. The Morgan fingerprint density at radius 2 is 1.85 bits per heavy atom. The fourth-order valence-electron chi connectivity index (χ4n) is 1.74. The maximum atomic E-state index is 11.0. The Bertz CT molecular complexity index is 687. The van der Waals surface area contributed by atoms with Crippen LogP contribution in [0.15, 0.2) is 24.3 Å². The molecule has 2 N–H and O–H groups in total. The van der Waals surface area contributed by atoms with Crippen LogP contribution in [-0.2, 0) is 0 Å². The molecule has 2 rings (SSSR count). The van der Waals surface area contributed by atoms with Gasteiger partial charge in [0.2, 0.25) is 0 Å². The lowest BCUT2D eigenvalue weighted by Crippen LogP contribution is -2.02. The van der Waals surface area contributed by atoms with Crippen LogP contribution in [0.2, 0.25) is 10.0 Å². The van der Waals surface area contributed by atoms with Gasteiger partial charge in [-0.1, -0.05) is 23.2 Å². The number of carboxylic acid groups (broad SMARTS) is 1. The van der Waals surface area contributed by atoms with E-state index in [4.69, 9.17) is 28.3 Å². The summed E-state index contributed by atoms with van der Waals surface area (Å²) >= 11 is 12.2. The van der Waals surface area contributed by atoms with Crippen LogP contribution in [-0.4, -0.2) is 16.1 Å². The molecular formula is C14H12Cl2N2O2. The van der Waals surface area contributed by atoms with Gasteiger partial charge in [-0.15, -0.1) is 0 Å². The Morgan fingerprint density at radius 1 is 1.15 bits per heavy atom. The lowest BCUT2D eigenvalue weighted by atomic mass is 10.2. The van der Waals surface area contributed by atoms with Crippen LogP contribution >= 0.6 is 23.2 Å². The predicted octanol–water partition coefficient (Wildman–Crippen LogP) is 4.45. The van der Waals surface area contributed by atoms with Crippen molar-refractivity contribution in [3.8, 4) is 0 Å². The molecule has 2 aromatic rings. The van der Waals surface area contributed by atoms with E-state index in [1.165, 1.54) is 12.1 Å². The minimum Gasteiger partial charge on any atom is -0.478 e. The van der Waals surface area contributed by atoms with Crippen LogP contribution in [0.5, 0.6) is 0 Å². The molecule has 1 aromatic heterocycles. The molecule has 0 atom stereocenters. The zero-order valence-electron chi connectivity index (χ0n) is 10.9. The van der Waals surface area contributed by atoms with Crippen LogP contribution in [0, 0.1) is 13.8 Å². The van der Waals surface area contributed by atoms with E-state index >= 15 is 0 Å². The van der Waals surface area contributed by atoms with Crippen molar-refractivity contribution in [2.24, 2.45) is 0 Å². The zero-order chi connectivity index (χ0) is 14.9. The van der Waals surface area contributed by atoms with Gasteiger partial charge in [0.25, 0.3) is 0 Å². The lowest BCUT2D eigenvalue weighted by molar-refractivity contribution is 0.0696. The Kier molecular flexibility index (Phi) is 4.16. The summed E-state index contributed by atoms with van der Waals surface area (Å²) in [5.41, 5.74) is 2.21. The normalized spacial score (nSPS) is 10.4. The van der Waals surface area contributed by atoms with Gasteiger partial charge in [0.1, 0.15) is 5.82 Å². The average Bonchev–Trinajstić information content (AvgIpc) is 2.35. The highest BCUT2D eigenvalue weighted by Gasteiger charge is 2.09. The third kappa shape index (κ3) is 3.21. The quantitative estimate of drug-likeness (QED) is 0.879. The molecule has 20 heavy (non-hydrogen) atoms. The number of aromatic carboxylic acids is 1. The summed E-state index contributed by atoms with van der Waals surface area (Å²) in [6, 6.07) is 6.36. The molecular weight excluding hydrogens is 299 g/mol. The van der Waals surface area contributed by atoms with Gasteiger partial charge in [0, 0.05) is 10.7 Å². The third-order valence-electron chi connectivity index (χ3n) is 2.71. The SMILES string of the molecule is Cc1cc(C(=O)O)cc(Nc2cc(Cl)c(C)cc2Cl)n1. The fourth-order valence-corrected chi connectivity index (χ4v) is 2.17. The molecule has 0 unspecified atom stereocenters. The molecule has 0 aliphatic carbocycles. The second-order valence-electron chi connectivity index (χ2n) is 4.39. The molecule has 0 amide bonds. The molecule has 0 saturated heterocycles. The Labute approximate surface area is 126 Å². The van der Waals surface area contributed by atoms with Crippen LogP contribution in [0.3, 0.4) is 0 Å². The summed E-state index contributed by atoms with van der Waals surface area (Å²) < 4.78 is 0. The number of carbonyl (C=O) groups is 1. The number of carboxylic acids is 1. The molecule has 1 aromatic carbocycles.